The molecule has 0 fully saturated rings. The lowest BCUT2D eigenvalue weighted by molar-refractivity contribution is 0.0916. The summed E-state index contributed by atoms with van der Waals surface area (Å²) >= 11 is 0. The SMILES string of the molecule is CCC(C)NC(=O)c1cc(S(N)(=O)=O)cn1CC(F)F. The maximum Gasteiger partial charge on any atom is 0.268 e. The zero-order valence-electron chi connectivity index (χ0n) is 11.1. The van der Waals surface area contributed by atoms with Crippen LogP contribution in [0.4, 0.5) is 8.78 Å². The van der Waals surface area contributed by atoms with Crippen LogP contribution in [0.5, 0.6) is 0 Å². The van der Waals surface area contributed by atoms with Crippen molar-refractivity contribution in [3.05, 3.63) is 18.0 Å². The summed E-state index contributed by atoms with van der Waals surface area (Å²) in [5.74, 6) is -0.616. The lowest BCUT2D eigenvalue weighted by Gasteiger charge is -2.13. The van der Waals surface area contributed by atoms with Gasteiger partial charge in [0.15, 0.2) is 0 Å². The number of alkyl halides is 2. The van der Waals surface area contributed by atoms with Gasteiger partial charge < -0.3 is 9.88 Å². The highest BCUT2D eigenvalue weighted by atomic mass is 32.2. The molecule has 1 aromatic rings. The third-order valence-electron chi connectivity index (χ3n) is 2.76. The fraction of sp³-hybridized carbons (Fsp3) is 0.545. The van der Waals surface area contributed by atoms with Crippen molar-refractivity contribution in [2.24, 2.45) is 5.14 Å². The van der Waals surface area contributed by atoms with Crippen LogP contribution < -0.4 is 10.5 Å². The Hall–Kier alpha value is -1.48. The number of aromatic nitrogens is 1. The minimum absolute atomic E-state index is 0.157. The van der Waals surface area contributed by atoms with E-state index in [2.05, 4.69) is 5.32 Å². The smallest absolute Gasteiger partial charge is 0.268 e. The second-order valence-corrected chi connectivity index (χ2v) is 5.99. The van der Waals surface area contributed by atoms with E-state index in [1.807, 2.05) is 6.92 Å². The van der Waals surface area contributed by atoms with Crippen molar-refractivity contribution in [3.8, 4) is 0 Å². The van der Waals surface area contributed by atoms with Gasteiger partial charge in [-0.3, -0.25) is 4.79 Å². The van der Waals surface area contributed by atoms with Crippen molar-refractivity contribution in [2.75, 3.05) is 0 Å². The van der Waals surface area contributed by atoms with Gasteiger partial charge in [-0.05, 0) is 19.4 Å². The number of nitrogens with zero attached hydrogens (tertiary/aromatic N) is 1. The van der Waals surface area contributed by atoms with E-state index in [1.54, 1.807) is 6.92 Å². The van der Waals surface area contributed by atoms with E-state index in [9.17, 15) is 22.0 Å². The van der Waals surface area contributed by atoms with E-state index in [-0.39, 0.29) is 16.6 Å². The van der Waals surface area contributed by atoms with Gasteiger partial charge in [0, 0.05) is 12.2 Å². The van der Waals surface area contributed by atoms with Gasteiger partial charge in [-0.2, -0.15) is 0 Å². The van der Waals surface area contributed by atoms with Crippen LogP contribution in [0.25, 0.3) is 0 Å². The molecule has 0 bridgehead atoms. The van der Waals surface area contributed by atoms with E-state index in [4.69, 9.17) is 5.14 Å². The van der Waals surface area contributed by atoms with Crippen molar-refractivity contribution < 1.29 is 22.0 Å². The van der Waals surface area contributed by atoms with E-state index in [0.29, 0.717) is 6.42 Å². The number of carbonyl (C=O) groups is 1. The molecule has 0 aliphatic heterocycles. The van der Waals surface area contributed by atoms with Crippen molar-refractivity contribution >= 4 is 15.9 Å². The predicted molar refractivity (Wildman–Crippen MR) is 69.0 cm³/mol. The number of carbonyl (C=O) groups excluding carboxylic acids is 1. The lowest BCUT2D eigenvalue weighted by atomic mass is 10.2. The van der Waals surface area contributed by atoms with Crippen LogP contribution in [0.15, 0.2) is 17.2 Å². The summed E-state index contributed by atoms with van der Waals surface area (Å²) in [5.41, 5.74) is -0.158. The molecule has 1 rings (SSSR count). The summed E-state index contributed by atoms with van der Waals surface area (Å²) in [6, 6.07) is 0.838. The van der Waals surface area contributed by atoms with Crippen LogP contribution in [-0.4, -0.2) is 31.4 Å². The highest BCUT2D eigenvalue weighted by Gasteiger charge is 2.21. The number of halogens is 2. The molecule has 20 heavy (non-hydrogen) atoms. The molecule has 1 heterocycles. The molecule has 0 aliphatic rings. The minimum atomic E-state index is -4.05. The molecule has 1 atom stereocenters. The Morgan fingerprint density at radius 3 is 2.55 bits per heavy atom. The Morgan fingerprint density at radius 2 is 2.10 bits per heavy atom. The average molecular weight is 309 g/mol. The first-order valence-corrected chi connectivity index (χ1v) is 7.51. The molecule has 0 aliphatic carbocycles. The number of hydrogen-bond acceptors (Lipinski definition) is 3. The van der Waals surface area contributed by atoms with E-state index < -0.39 is 28.9 Å². The number of primary sulfonamides is 1. The van der Waals surface area contributed by atoms with Crippen molar-refractivity contribution in [1.29, 1.82) is 0 Å². The maximum atomic E-state index is 12.5. The molecule has 1 amide bonds. The summed E-state index contributed by atoms with van der Waals surface area (Å²) in [6.07, 6.45) is -1.12. The summed E-state index contributed by atoms with van der Waals surface area (Å²) in [6.45, 7) is 2.82. The second-order valence-electron chi connectivity index (χ2n) is 4.43. The first-order chi connectivity index (χ1) is 9.15. The summed E-state index contributed by atoms with van der Waals surface area (Å²) in [5, 5.41) is 7.52. The third-order valence-corrected chi connectivity index (χ3v) is 3.64. The van der Waals surface area contributed by atoms with Crippen LogP contribution >= 0.6 is 0 Å². The molecular weight excluding hydrogens is 292 g/mol. The normalized spacial score (nSPS) is 13.5. The fourth-order valence-electron chi connectivity index (χ4n) is 1.53. The van der Waals surface area contributed by atoms with Crippen LogP contribution in [0.1, 0.15) is 30.8 Å². The highest BCUT2D eigenvalue weighted by molar-refractivity contribution is 7.89. The van der Waals surface area contributed by atoms with Gasteiger partial charge in [0.05, 0.1) is 6.54 Å². The molecule has 6 nitrogen and oxygen atoms in total. The molecule has 0 saturated heterocycles. The number of hydrogen-bond donors (Lipinski definition) is 2. The van der Waals surface area contributed by atoms with Crippen LogP contribution in [-0.2, 0) is 16.6 Å². The number of nitrogens with two attached hydrogens (primary N) is 1. The third kappa shape index (κ3) is 4.27. The molecule has 114 valence electrons. The zero-order chi connectivity index (χ0) is 15.5. The van der Waals surface area contributed by atoms with Crippen LogP contribution in [0.2, 0.25) is 0 Å². The van der Waals surface area contributed by atoms with E-state index >= 15 is 0 Å². The number of nitrogens with one attached hydrogen (secondary N) is 1. The monoisotopic (exact) mass is 309 g/mol. The van der Waals surface area contributed by atoms with E-state index in [1.165, 1.54) is 0 Å². The van der Waals surface area contributed by atoms with Gasteiger partial charge in [0.1, 0.15) is 10.6 Å². The van der Waals surface area contributed by atoms with E-state index in [0.717, 1.165) is 16.8 Å². The number of amides is 1. The van der Waals surface area contributed by atoms with Gasteiger partial charge in [0.2, 0.25) is 10.0 Å². The quantitative estimate of drug-likeness (QED) is 0.818. The topological polar surface area (TPSA) is 94.2 Å². The van der Waals surface area contributed by atoms with Crippen molar-refractivity contribution in [3.63, 3.8) is 0 Å². The number of rotatable bonds is 6. The molecule has 1 aromatic heterocycles. The Bertz CT molecular complexity index is 584. The molecule has 1 unspecified atom stereocenters. The maximum absolute atomic E-state index is 12.5. The molecule has 0 radical (unpaired) electrons. The fourth-order valence-corrected chi connectivity index (χ4v) is 2.08. The Balaban J connectivity index is 3.15. The van der Waals surface area contributed by atoms with Gasteiger partial charge in [0.25, 0.3) is 12.3 Å². The molecule has 0 saturated carbocycles. The van der Waals surface area contributed by atoms with Gasteiger partial charge in [-0.15, -0.1) is 0 Å². The Labute approximate surface area is 116 Å². The van der Waals surface area contributed by atoms with Gasteiger partial charge >= 0.3 is 0 Å². The van der Waals surface area contributed by atoms with Crippen molar-refractivity contribution in [1.82, 2.24) is 9.88 Å². The standard InChI is InChI=1S/C11H17F2N3O3S/c1-3-7(2)15-11(17)9-4-8(20(14,18)19)5-16(9)6-10(12)13/h4-5,7,10H,3,6H2,1-2H3,(H,15,17)(H2,14,18,19). The minimum Gasteiger partial charge on any atom is -0.348 e. The number of sulfonamides is 1. The average Bonchev–Trinajstić information content (AvgIpc) is 2.71. The Morgan fingerprint density at radius 1 is 1.50 bits per heavy atom. The second kappa shape index (κ2) is 6.31. The molecule has 0 spiro atoms. The first kappa shape index (κ1) is 16.6. The summed E-state index contributed by atoms with van der Waals surface area (Å²) < 4.78 is 48.3. The van der Waals surface area contributed by atoms with Gasteiger partial charge in [-0.1, -0.05) is 6.92 Å². The zero-order valence-corrected chi connectivity index (χ0v) is 12.0. The van der Waals surface area contributed by atoms with Crippen molar-refractivity contribution in [2.45, 2.75) is 44.2 Å². The van der Waals surface area contributed by atoms with Crippen LogP contribution in [0, 0.1) is 0 Å². The largest absolute Gasteiger partial charge is 0.348 e. The Kier molecular flexibility index (Phi) is 5.23. The first-order valence-electron chi connectivity index (χ1n) is 5.97. The molecule has 9 heteroatoms. The summed E-state index contributed by atoms with van der Waals surface area (Å²) in [4.78, 5) is 11.6. The molecule has 3 N–H and O–H groups in total. The summed E-state index contributed by atoms with van der Waals surface area (Å²) in [7, 11) is -4.05. The van der Waals surface area contributed by atoms with Gasteiger partial charge in [-0.25, -0.2) is 22.3 Å². The predicted octanol–water partition coefficient (Wildman–Crippen LogP) is 0.929. The lowest BCUT2D eigenvalue weighted by Crippen LogP contribution is -2.33. The molecule has 0 aromatic carbocycles. The van der Waals surface area contributed by atoms with Crippen LogP contribution in [0.3, 0.4) is 0 Å². The highest BCUT2D eigenvalue weighted by Crippen LogP contribution is 2.15. The molecular formula is C11H17F2N3O3S.